The maximum atomic E-state index is 10.8. The second-order valence-electron chi connectivity index (χ2n) is 3.44. The molecule has 1 atom stereocenters. The van der Waals surface area contributed by atoms with Gasteiger partial charge in [0.2, 0.25) is 0 Å². The van der Waals surface area contributed by atoms with Gasteiger partial charge in [-0.2, -0.15) is 0 Å². The molecule has 2 aromatic rings. The van der Waals surface area contributed by atoms with Gasteiger partial charge in [-0.25, -0.2) is 0 Å². The number of rotatable bonds is 3. The highest BCUT2D eigenvalue weighted by Crippen LogP contribution is 2.33. The molecule has 0 spiro atoms. The van der Waals surface area contributed by atoms with E-state index in [1.54, 1.807) is 7.11 Å². The smallest absolute Gasteiger partial charge is 0.138 e. The van der Waals surface area contributed by atoms with Crippen molar-refractivity contribution < 1.29 is 9.53 Å². The first-order chi connectivity index (χ1) is 7.77. The molecule has 0 bridgehead atoms. The molecule has 0 aromatic heterocycles. The van der Waals surface area contributed by atoms with Gasteiger partial charge in [0.15, 0.2) is 0 Å². The van der Waals surface area contributed by atoms with E-state index in [0.717, 1.165) is 28.4 Å². The molecule has 0 radical (unpaired) electrons. The minimum Gasteiger partial charge on any atom is -0.496 e. The Morgan fingerprint density at radius 3 is 2.50 bits per heavy atom. The van der Waals surface area contributed by atoms with E-state index >= 15 is 0 Å². The standard InChI is InChI=1S/C13H11BrO2/c1-16-13-7-6-10(12(14)8-15)9-4-2-3-5-11(9)13/h2-8,12H,1H3. The second-order valence-corrected chi connectivity index (χ2v) is 4.43. The van der Waals surface area contributed by atoms with E-state index in [4.69, 9.17) is 4.74 Å². The summed E-state index contributed by atoms with van der Waals surface area (Å²) in [6.07, 6.45) is 0.883. The Kier molecular flexibility index (Phi) is 3.25. The molecule has 0 saturated carbocycles. The molecule has 1 unspecified atom stereocenters. The van der Waals surface area contributed by atoms with Crippen molar-refractivity contribution in [2.24, 2.45) is 0 Å². The summed E-state index contributed by atoms with van der Waals surface area (Å²) in [5.74, 6) is 0.824. The second kappa shape index (κ2) is 4.66. The van der Waals surface area contributed by atoms with Gasteiger partial charge in [-0.3, -0.25) is 0 Å². The van der Waals surface area contributed by atoms with Crippen molar-refractivity contribution in [1.29, 1.82) is 0 Å². The van der Waals surface area contributed by atoms with Crippen LogP contribution in [0.25, 0.3) is 10.8 Å². The lowest BCUT2D eigenvalue weighted by atomic mass is 10.0. The minimum atomic E-state index is -0.275. The monoisotopic (exact) mass is 278 g/mol. The van der Waals surface area contributed by atoms with Crippen LogP contribution in [0.3, 0.4) is 0 Å². The summed E-state index contributed by atoms with van der Waals surface area (Å²) in [5.41, 5.74) is 0.964. The molecule has 0 heterocycles. The number of halogens is 1. The van der Waals surface area contributed by atoms with Crippen LogP contribution < -0.4 is 4.74 Å². The van der Waals surface area contributed by atoms with E-state index < -0.39 is 0 Å². The predicted octanol–water partition coefficient (Wildman–Crippen LogP) is 3.48. The van der Waals surface area contributed by atoms with Crippen LogP contribution in [0.4, 0.5) is 0 Å². The van der Waals surface area contributed by atoms with Crippen LogP contribution in [-0.2, 0) is 4.79 Å². The van der Waals surface area contributed by atoms with Gasteiger partial charge in [0.1, 0.15) is 12.0 Å². The van der Waals surface area contributed by atoms with Crippen LogP contribution >= 0.6 is 15.9 Å². The fourth-order valence-electron chi connectivity index (χ4n) is 1.79. The molecule has 2 rings (SSSR count). The van der Waals surface area contributed by atoms with Crippen molar-refractivity contribution in [3.05, 3.63) is 42.0 Å². The van der Waals surface area contributed by atoms with Crippen LogP contribution in [0.5, 0.6) is 5.75 Å². The molecule has 16 heavy (non-hydrogen) atoms. The van der Waals surface area contributed by atoms with E-state index in [0.29, 0.717) is 0 Å². The SMILES string of the molecule is COc1ccc(C(Br)C=O)c2ccccc12. The predicted molar refractivity (Wildman–Crippen MR) is 68.2 cm³/mol. The molecule has 0 N–H and O–H groups in total. The maximum Gasteiger partial charge on any atom is 0.138 e. The number of methoxy groups -OCH3 is 1. The zero-order chi connectivity index (χ0) is 11.5. The van der Waals surface area contributed by atoms with Crippen molar-refractivity contribution in [2.75, 3.05) is 7.11 Å². The quantitative estimate of drug-likeness (QED) is 0.635. The molecule has 0 saturated heterocycles. The van der Waals surface area contributed by atoms with Crippen LogP contribution in [0.2, 0.25) is 0 Å². The van der Waals surface area contributed by atoms with E-state index in [1.165, 1.54) is 0 Å². The Morgan fingerprint density at radius 2 is 1.88 bits per heavy atom. The van der Waals surface area contributed by atoms with Gasteiger partial charge in [0.05, 0.1) is 11.9 Å². The molecule has 2 nitrogen and oxygen atoms in total. The minimum absolute atomic E-state index is 0.275. The highest BCUT2D eigenvalue weighted by atomic mass is 79.9. The molecule has 0 aliphatic heterocycles. The highest BCUT2D eigenvalue weighted by molar-refractivity contribution is 9.09. The normalized spacial score (nSPS) is 12.4. The van der Waals surface area contributed by atoms with Crippen molar-refractivity contribution in [1.82, 2.24) is 0 Å². The summed E-state index contributed by atoms with van der Waals surface area (Å²) in [6.45, 7) is 0. The molecular formula is C13H11BrO2. The number of alkyl halides is 1. The third-order valence-electron chi connectivity index (χ3n) is 2.55. The lowest BCUT2D eigenvalue weighted by Gasteiger charge is -2.11. The summed E-state index contributed by atoms with van der Waals surface area (Å²) in [4.78, 5) is 10.6. The molecule has 0 fully saturated rings. The average molecular weight is 279 g/mol. The Bertz CT molecular complexity index is 522. The molecule has 2 aromatic carbocycles. The van der Waals surface area contributed by atoms with E-state index in [-0.39, 0.29) is 4.83 Å². The van der Waals surface area contributed by atoms with Gasteiger partial charge in [-0.1, -0.05) is 46.3 Å². The lowest BCUT2D eigenvalue weighted by Crippen LogP contribution is -1.94. The Balaban J connectivity index is 2.74. The number of aldehydes is 1. The van der Waals surface area contributed by atoms with Crippen LogP contribution in [0.1, 0.15) is 10.4 Å². The summed E-state index contributed by atoms with van der Waals surface area (Å²) < 4.78 is 5.29. The van der Waals surface area contributed by atoms with E-state index in [1.807, 2.05) is 36.4 Å². The first kappa shape index (κ1) is 11.1. The summed E-state index contributed by atoms with van der Waals surface area (Å²) in [6, 6.07) is 11.7. The molecule has 82 valence electrons. The van der Waals surface area contributed by atoms with Gasteiger partial charge >= 0.3 is 0 Å². The molecule has 0 aliphatic rings. The number of ether oxygens (including phenoxy) is 1. The highest BCUT2D eigenvalue weighted by Gasteiger charge is 2.11. The summed E-state index contributed by atoms with van der Waals surface area (Å²) >= 11 is 3.34. The summed E-state index contributed by atoms with van der Waals surface area (Å²) in [7, 11) is 1.65. The Labute approximate surface area is 102 Å². The topological polar surface area (TPSA) is 26.3 Å². The fraction of sp³-hybridized carbons (Fsp3) is 0.154. The van der Waals surface area contributed by atoms with Gasteiger partial charge in [0.25, 0.3) is 0 Å². The molecule has 3 heteroatoms. The molecular weight excluding hydrogens is 268 g/mol. The van der Waals surface area contributed by atoms with Crippen LogP contribution in [0.15, 0.2) is 36.4 Å². The number of hydrogen-bond acceptors (Lipinski definition) is 2. The number of benzene rings is 2. The fourth-order valence-corrected chi connectivity index (χ4v) is 2.19. The zero-order valence-corrected chi connectivity index (χ0v) is 10.4. The first-order valence-corrected chi connectivity index (χ1v) is 5.84. The maximum absolute atomic E-state index is 10.8. The van der Waals surface area contributed by atoms with E-state index in [2.05, 4.69) is 15.9 Å². The number of carbonyl (C=O) groups excluding carboxylic acids is 1. The first-order valence-electron chi connectivity index (χ1n) is 4.93. The number of carbonyl (C=O) groups is 1. The number of fused-ring (bicyclic) bond motifs is 1. The van der Waals surface area contributed by atoms with Crippen molar-refractivity contribution in [3.8, 4) is 5.75 Å². The molecule has 0 aliphatic carbocycles. The largest absolute Gasteiger partial charge is 0.496 e. The van der Waals surface area contributed by atoms with E-state index in [9.17, 15) is 4.79 Å². The van der Waals surface area contributed by atoms with Gasteiger partial charge < -0.3 is 9.53 Å². The van der Waals surface area contributed by atoms with Crippen molar-refractivity contribution >= 4 is 33.0 Å². The van der Waals surface area contributed by atoms with Crippen molar-refractivity contribution in [2.45, 2.75) is 4.83 Å². The summed E-state index contributed by atoms with van der Waals surface area (Å²) in [5, 5.41) is 2.06. The Morgan fingerprint density at radius 1 is 1.19 bits per heavy atom. The average Bonchev–Trinajstić information content (AvgIpc) is 2.36. The van der Waals surface area contributed by atoms with Gasteiger partial charge in [0, 0.05) is 5.39 Å². The third kappa shape index (κ3) is 1.83. The third-order valence-corrected chi connectivity index (χ3v) is 3.26. The Hall–Kier alpha value is -1.35. The zero-order valence-electron chi connectivity index (χ0n) is 8.81. The van der Waals surface area contributed by atoms with Gasteiger partial charge in [-0.15, -0.1) is 0 Å². The number of hydrogen-bond donors (Lipinski definition) is 0. The van der Waals surface area contributed by atoms with Crippen LogP contribution in [0, 0.1) is 0 Å². The van der Waals surface area contributed by atoms with Crippen molar-refractivity contribution in [3.63, 3.8) is 0 Å². The lowest BCUT2D eigenvalue weighted by molar-refractivity contribution is -0.107. The van der Waals surface area contributed by atoms with Gasteiger partial charge in [-0.05, 0) is 17.0 Å². The van der Waals surface area contributed by atoms with Crippen LogP contribution in [-0.4, -0.2) is 13.4 Å². The molecule has 0 amide bonds.